The zero-order valence-corrected chi connectivity index (χ0v) is 14.3. The fourth-order valence-corrected chi connectivity index (χ4v) is 2.65. The third-order valence-corrected chi connectivity index (χ3v) is 4.45. The second-order valence-corrected chi connectivity index (χ2v) is 6.93. The van der Waals surface area contributed by atoms with E-state index < -0.39 is 17.6 Å². The molecular formula is C19H30O2. The van der Waals surface area contributed by atoms with Crippen molar-refractivity contribution in [1.82, 2.24) is 0 Å². The summed E-state index contributed by atoms with van der Waals surface area (Å²) in [7, 11) is 0. The molecule has 0 saturated heterocycles. The smallest absolute Gasteiger partial charge is 0.0871 e. The summed E-state index contributed by atoms with van der Waals surface area (Å²) in [5, 5.41) is 21.0. The van der Waals surface area contributed by atoms with Gasteiger partial charge in [-0.15, -0.1) is 0 Å². The standard InChI is InChI=1S/C19H30O2/c1-8-17(20)19(6,7)18(21)15-10-9-14(12(2)3)11-16(15)13(4)5/h9-12,17-18,20-21H,4,8H2,1-3,5-7H3/t17-,18-/m0/s1. The Morgan fingerprint density at radius 1 is 1.24 bits per heavy atom. The van der Waals surface area contributed by atoms with E-state index in [1.165, 1.54) is 5.56 Å². The lowest BCUT2D eigenvalue weighted by molar-refractivity contribution is -0.0506. The van der Waals surface area contributed by atoms with Gasteiger partial charge in [-0.2, -0.15) is 0 Å². The number of allylic oxidation sites excluding steroid dienone is 1. The molecule has 0 fully saturated rings. The van der Waals surface area contributed by atoms with E-state index in [1.54, 1.807) is 0 Å². The van der Waals surface area contributed by atoms with Crippen molar-refractivity contribution >= 4 is 5.57 Å². The molecule has 0 aromatic heterocycles. The molecule has 0 spiro atoms. The van der Waals surface area contributed by atoms with Crippen LogP contribution in [0.1, 0.15) is 76.7 Å². The molecule has 0 saturated carbocycles. The summed E-state index contributed by atoms with van der Waals surface area (Å²) < 4.78 is 0. The Labute approximate surface area is 129 Å². The fourth-order valence-electron chi connectivity index (χ4n) is 2.65. The van der Waals surface area contributed by atoms with E-state index in [9.17, 15) is 10.2 Å². The third kappa shape index (κ3) is 3.75. The molecule has 1 rings (SSSR count). The van der Waals surface area contributed by atoms with Crippen LogP contribution in [0.4, 0.5) is 0 Å². The van der Waals surface area contributed by atoms with Crippen molar-refractivity contribution in [1.29, 1.82) is 0 Å². The molecule has 0 aliphatic rings. The summed E-state index contributed by atoms with van der Waals surface area (Å²) in [6, 6.07) is 6.15. The van der Waals surface area contributed by atoms with Gasteiger partial charge in [-0.05, 0) is 36.0 Å². The zero-order chi connectivity index (χ0) is 16.4. The van der Waals surface area contributed by atoms with Gasteiger partial charge in [0, 0.05) is 5.41 Å². The summed E-state index contributed by atoms with van der Waals surface area (Å²) in [4.78, 5) is 0. The van der Waals surface area contributed by atoms with Crippen LogP contribution in [0.3, 0.4) is 0 Å². The zero-order valence-electron chi connectivity index (χ0n) is 14.3. The summed E-state index contributed by atoms with van der Waals surface area (Å²) in [5.41, 5.74) is 3.42. The molecule has 0 aliphatic heterocycles. The van der Waals surface area contributed by atoms with Crippen LogP contribution in [0.5, 0.6) is 0 Å². The highest BCUT2D eigenvalue weighted by atomic mass is 16.3. The Morgan fingerprint density at radius 3 is 2.24 bits per heavy atom. The number of benzene rings is 1. The van der Waals surface area contributed by atoms with Crippen molar-refractivity contribution in [2.45, 2.75) is 66.1 Å². The first-order valence-corrected chi connectivity index (χ1v) is 7.78. The van der Waals surface area contributed by atoms with Gasteiger partial charge in [0.1, 0.15) is 0 Å². The van der Waals surface area contributed by atoms with Crippen LogP contribution in [0.25, 0.3) is 5.57 Å². The second kappa shape index (κ2) is 6.76. The first kappa shape index (κ1) is 17.9. The molecule has 0 bridgehead atoms. The van der Waals surface area contributed by atoms with Crippen molar-refractivity contribution in [2.75, 3.05) is 0 Å². The van der Waals surface area contributed by atoms with Gasteiger partial charge in [0.05, 0.1) is 12.2 Å². The molecule has 0 radical (unpaired) electrons. The van der Waals surface area contributed by atoms with E-state index >= 15 is 0 Å². The van der Waals surface area contributed by atoms with E-state index in [-0.39, 0.29) is 0 Å². The Hall–Kier alpha value is -1.12. The molecule has 118 valence electrons. The molecule has 0 unspecified atom stereocenters. The van der Waals surface area contributed by atoms with Gasteiger partial charge in [-0.25, -0.2) is 0 Å². The minimum atomic E-state index is -0.722. The summed E-state index contributed by atoms with van der Waals surface area (Å²) in [6.45, 7) is 16.0. The van der Waals surface area contributed by atoms with Crippen LogP contribution in [0, 0.1) is 5.41 Å². The quantitative estimate of drug-likeness (QED) is 0.799. The van der Waals surface area contributed by atoms with Gasteiger partial charge in [-0.1, -0.05) is 65.0 Å². The maximum absolute atomic E-state index is 10.8. The van der Waals surface area contributed by atoms with Gasteiger partial charge in [-0.3, -0.25) is 0 Å². The summed E-state index contributed by atoms with van der Waals surface area (Å²) in [5.74, 6) is 0.434. The highest BCUT2D eigenvalue weighted by Crippen LogP contribution is 2.40. The lowest BCUT2D eigenvalue weighted by Gasteiger charge is -2.36. The van der Waals surface area contributed by atoms with E-state index in [4.69, 9.17) is 0 Å². The molecule has 1 aromatic carbocycles. The van der Waals surface area contributed by atoms with Gasteiger partial charge >= 0.3 is 0 Å². The number of aliphatic hydroxyl groups excluding tert-OH is 2. The maximum Gasteiger partial charge on any atom is 0.0871 e. The lowest BCUT2D eigenvalue weighted by Crippen LogP contribution is -2.35. The number of hydrogen-bond acceptors (Lipinski definition) is 2. The van der Waals surface area contributed by atoms with Gasteiger partial charge in [0.2, 0.25) is 0 Å². The molecule has 1 aromatic rings. The first-order valence-electron chi connectivity index (χ1n) is 7.78. The van der Waals surface area contributed by atoms with Crippen molar-refractivity contribution in [3.8, 4) is 0 Å². The SMILES string of the molecule is C=C(C)c1cc(C(C)C)ccc1[C@H](O)C(C)(C)[C@@H](O)CC. The van der Waals surface area contributed by atoms with Crippen LogP contribution in [0.15, 0.2) is 24.8 Å². The van der Waals surface area contributed by atoms with Crippen molar-refractivity contribution in [2.24, 2.45) is 5.41 Å². The predicted molar refractivity (Wildman–Crippen MR) is 90.3 cm³/mol. The molecule has 0 heterocycles. The summed E-state index contributed by atoms with van der Waals surface area (Å²) in [6.07, 6.45) is -0.646. The molecule has 21 heavy (non-hydrogen) atoms. The van der Waals surface area contributed by atoms with E-state index in [2.05, 4.69) is 32.6 Å². The Kier molecular flexibility index (Phi) is 5.77. The minimum absolute atomic E-state index is 0.434. The number of aliphatic hydroxyl groups is 2. The Bertz CT molecular complexity index is 500. The van der Waals surface area contributed by atoms with Crippen molar-refractivity contribution in [3.05, 3.63) is 41.5 Å². The lowest BCUT2D eigenvalue weighted by atomic mass is 9.75. The Balaban J connectivity index is 3.32. The highest BCUT2D eigenvalue weighted by molar-refractivity contribution is 5.66. The van der Waals surface area contributed by atoms with E-state index in [0.29, 0.717) is 12.3 Å². The number of rotatable bonds is 6. The molecule has 2 heteroatoms. The topological polar surface area (TPSA) is 40.5 Å². The van der Waals surface area contributed by atoms with Crippen LogP contribution >= 0.6 is 0 Å². The predicted octanol–water partition coefficient (Wildman–Crippen LogP) is 4.67. The van der Waals surface area contributed by atoms with E-state index in [1.807, 2.05) is 33.8 Å². The van der Waals surface area contributed by atoms with Gasteiger partial charge < -0.3 is 10.2 Å². The largest absolute Gasteiger partial charge is 0.392 e. The summed E-state index contributed by atoms with van der Waals surface area (Å²) >= 11 is 0. The molecule has 2 nitrogen and oxygen atoms in total. The molecule has 2 N–H and O–H groups in total. The average Bonchev–Trinajstić information content (AvgIpc) is 2.44. The second-order valence-electron chi connectivity index (χ2n) is 6.93. The van der Waals surface area contributed by atoms with Crippen LogP contribution in [-0.4, -0.2) is 16.3 Å². The van der Waals surface area contributed by atoms with Gasteiger partial charge in [0.15, 0.2) is 0 Å². The Morgan fingerprint density at radius 2 is 1.81 bits per heavy atom. The normalized spacial score (nSPS) is 15.1. The monoisotopic (exact) mass is 290 g/mol. The highest BCUT2D eigenvalue weighted by Gasteiger charge is 2.36. The maximum atomic E-state index is 10.8. The minimum Gasteiger partial charge on any atom is -0.392 e. The fraction of sp³-hybridized carbons (Fsp3) is 0.579. The van der Waals surface area contributed by atoms with Crippen LogP contribution in [-0.2, 0) is 0 Å². The molecule has 0 aliphatic carbocycles. The van der Waals surface area contributed by atoms with E-state index in [0.717, 1.165) is 16.7 Å². The van der Waals surface area contributed by atoms with Crippen molar-refractivity contribution in [3.63, 3.8) is 0 Å². The van der Waals surface area contributed by atoms with Crippen LogP contribution < -0.4 is 0 Å². The van der Waals surface area contributed by atoms with Crippen molar-refractivity contribution < 1.29 is 10.2 Å². The first-order chi connectivity index (χ1) is 9.62. The molecule has 2 atom stereocenters. The molecular weight excluding hydrogens is 260 g/mol. The number of hydrogen-bond donors (Lipinski definition) is 2. The average molecular weight is 290 g/mol. The van der Waals surface area contributed by atoms with Crippen LogP contribution in [0.2, 0.25) is 0 Å². The molecule has 0 amide bonds. The third-order valence-electron chi connectivity index (χ3n) is 4.45. The van der Waals surface area contributed by atoms with Gasteiger partial charge in [0.25, 0.3) is 0 Å².